The van der Waals surface area contributed by atoms with Crippen molar-refractivity contribution in [2.24, 2.45) is 0 Å². The molecule has 106 heavy (non-hydrogen) atoms. The van der Waals surface area contributed by atoms with Gasteiger partial charge in [0.25, 0.3) is 0 Å². The van der Waals surface area contributed by atoms with Crippen molar-refractivity contribution in [2.45, 2.75) is 367 Å². The van der Waals surface area contributed by atoms with Crippen LogP contribution in [0.1, 0.15) is 349 Å². The molecule has 5 atom stereocenters. The van der Waals surface area contributed by atoms with Gasteiger partial charge in [0.15, 0.2) is 12.2 Å². The van der Waals surface area contributed by atoms with Crippen LogP contribution in [0.2, 0.25) is 0 Å². The molecule has 3 N–H and O–H groups in total. The van der Waals surface area contributed by atoms with E-state index in [0.717, 1.165) is 205 Å². The van der Waals surface area contributed by atoms with Crippen LogP contribution >= 0.6 is 15.6 Å². The molecule has 17 nitrogen and oxygen atoms in total. The Bertz CT molecular complexity index is 2480. The number of rotatable bonds is 78. The predicted molar refractivity (Wildman–Crippen MR) is 436 cm³/mol. The third kappa shape index (κ3) is 77.6. The van der Waals surface area contributed by atoms with Crippen molar-refractivity contribution < 1.29 is 80.2 Å². The maximum atomic E-state index is 13.1. The molecule has 0 aromatic carbocycles. The average molecular weight is 1530 g/mol. The number of carbonyl (C=O) groups excluding carboxylic acids is 4. The van der Waals surface area contributed by atoms with Crippen LogP contribution < -0.4 is 0 Å². The molecule has 0 aliphatic heterocycles. The summed E-state index contributed by atoms with van der Waals surface area (Å²) < 4.78 is 68.8. The first-order valence-corrected chi connectivity index (χ1v) is 44.8. The lowest BCUT2D eigenvalue weighted by atomic mass is 10.0. The van der Waals surface area contributed by atoms with Crippen molar-refractivity contribution in [3.05, 3.63) is 122 Å². The number of allylic oxidation sites excluding steroid dienone is 20. The number of phosphoric ester groups is 2. The van der Waals surface area contributed by atoms with Crippen molar-refractivity contribution >= 4 is 39.5 Å². The first-order valence-electron chi connectivity index (χ1n) is 41.8. The summed E-state index contributed by atoms with van der Waals surface area (Å²) in [5.74, 6) is -2.20. The van der Waals surface area contributed by atoms with E-state index in [1.165, 1.54) is 64.2 Å². The fraction of sp³-hybridized carbons (Fsp3) is 0.724. The molecule has 0 aliphatic carbocycles. The molecule has 0 heterocycles. The van der Waals surface area contributed by atoms with E-state index in [-0.39, 0.29) is 25.7 Å². The predicted octanol–water partition coefficient (Wildman–Crippen LogP) is 24.7. The Morgan fingerprint density at radius 2 is 0.491 bits per heavy atom. The highest BCUT2D eigenvalue weighted by atomic mass is 31.2. The number of aliphatic hydroxyl groups is 1. The monoisotopic (exact) mass is 1530 g/mol. The number of hydrogen-bond acceptors (Lipinski definition) is 15. The minimum absolute atomic E-state index is 0.0797. The van der Waals surface area contributed by atoms with Gasteiger partial charge in [0.1, 0.15) is 19.3 Å². The van der Waals surface area contributed by atoms with Crippen molar-refractivity contribution in [3.8, 4) is 0 Å². The summed E-state index contributed by atoms with van der Waals surface area (Å²) in [5.41, 5.74) is 0. The Labute approximate surface area is 644 Å². The van der Waals surface area contributed by atoms with Crippen LogP contribution in [0.15, 0.2) is 122 Å². The summed E-state index contributed by atoms with van der Waals surface area (Å²) in [6.07, 6.45) is 87.3. The van der Waals surface area contributed by atoms with Gasteiger partial charge in [-0.3, -0.25) is 37.3 Å². The van der Waals surface area contributed by atoms with Crippen LogP contribution in [0.4, 0.5) is 0 Å². The molecule has 610 valence electrons. The molecule has 0 rings (SSSR count). The smallest absolute Gasteiger partial charge is 0.462 e. The van der Waals surface area contributed by atoms with E-state index in [0.29, 0.717) is 25.7 Å². The summed E-state index contributed by atoms with van der Waals surface area (Å²) in [6.45, 7) is 4.55. The SMILES string of the molecule is CC/C=C\C/C=C\C/C=C\C/C=C\CCCCCCC(=O)OCC(COP(=O)(O)OCC(O)COP(=O)(O)OCC(COC(=O)CCCCCCCCC/C=C\C/C=C\C/C=C\CC)OC(=O)CCCCCCCCC/C=C\C/C=C\C/C=C\CC)OC(=O)CCCCCCCCCCCCCCCCC. The van der Waals surface area contributed by atoms with Gasteiger partial charge in [-0.15, -0.1) is 0 Å². The average Bonchev–Trinajstić information content (AvgIpc) is 0.901. The van der Waals surface area contributed by atoms with Crippen LogP contribution in [-0.4, -0.2) is 96.7 Å². The van der Waals surface area contributed by atoms with E-state index in [1.54, 1.807) is 0 Å². The molecule has 19 heteroatoms. The molecule has 0 amide bonds. The van der Waals surface area contributed by atoms with E-state index >= 15 is 0 Å². The van der Waals surface area contributed by atoms with E-state index in [1.807, 2.05) is 0 Å². The van der Waals surface area contributed by atoms with Crippen molar-refractivity contribution in [1.29, 1.82) is 0 Å². The largest absolute Gasteiger partial charge is 0.472 e. The molecule has 0 bridgehead atoms. The summed E-state index contributed by atoms with van der Waals surface area (Å²) in [7, 11) is -9.97. The molecule has 0 radical (unpaired) electrons. The lowest BCUT2D eigenvalue weighted by Crippen LogP contribution is -2.30. The minimum Gasteiger partial charge on any atom is -0.462 e. The molecule has 0 aromatic heterocycles. The van der Waals surface area contributed by atoms with Gasteiger partial charge in [-0.2, -0.15) is 0 Å². The zero-order valence-electron chi connectivity index (χ0n) is 66.8. The summed E-state index contributed by atoms with van der Waals surface area (Å²) in [4.78, 5) is 73.2. The first-order chi connectivity index (χ1) is 51.7. The van der Waals surface area contributed by atoms with Gasteiger partial charge in [0.2, 0.25) is 0 Å². The standard InChI is InChI=1S/C87H150O17P2/c1-5-9-13-17-21-25-29-33-37-40-44-47-51-55-59-63-67-71-84(89)97-77-82(103-86(91)73-69-65-61-57-53-49-43-36-32-28-24-20-16-12-8-4)79-101-105(93,94)99-75-81(88)76-100-106(95,96)102-80-83(104-87(92)74-70-66-62-58-54-50-46-42-39-35-31-27-23-19-15-11-7-3)78-98-85(90)72-68-64-60-56-52-48-45-41-38-34-30-26-22-18-14-10-6-2/h9-11,13-15,21-23,25-27,33-35,37-39,44,47,81-83,88H,5-8,12,16-20,24,28-32,36,40-43,45-46,48-80H2,1-4H3,(H,93,94)(H,95,96)/b13-9-,14-10-,15-11-,25-21-,26-22-,27-23-,37-33-,38-34-,39-35-,47-44-. The van der Waals surface area contributed by atoms with Crippen molar-refractivity contribution in [1.82, 2.24) is 0 Å². The quantitative estimate of drug-likeness (QED) is 0.0169. The van der Waals surface area contributed by atoms with Gasteiger partial charge in [-0.05, 0) is 128 Å². The van der Waals surface area contributed by atoms with Crippen LogP contribution in [0.3, 0.4) is 0 Å². The van der Waals surface area contributed by atoms with Gasteiger partial charge in [-0.25, -0.2) is 9.13 Å². The van der Waals surface area contributed by atoms with Crippen molar-refractivity contribution in [2.75, 3.05) is 39.6 Å². The fourth-order valence-corrected chi connectivity index (χ4v) is 12.8. The first kappa shape index (κ1) is 101. The Morgan fingerprint density at radius 1 is 0.274 bits per heavy atom. The van der Waals surface area contributed by atoms with Gasteiger partial charge in [0, 0.05) is 25.7 Å². The van der Waals surface area contributed by atoms with E-state index in [9.17, 15) is 43.2 Å². The Hall–Kier alpha value is -4.54. The molecule has 0 fully saturated rings. The van der Waals surface area contributed by atoms with Crippen LogP contribution in [-0.2, 0) is 65.4 Å². The van der Waals surface area contributed by atoms with Gasteiger partial charge < -0.3 is 33.8 Å². The van der Waals surface area contributed by atoms with Gasteiger partial charge in [0.05, 0.1) is 26.4 Å². The second-order valence-corrected chi connectivity index (χ2v) is 30.5. The highest BCUT2D eigenvalue weighted by Gasteiger charge is 2.30. The molecule has 0 saturated carbocycles. The Morgan fingerprint density at radius 3 is 0.755 bits per heavy atom. The number of unbranched alkanes of at least 4 members (excludes halogenated alkanes) is 32. The minimum atomic E-state index is -4.99. The Balaban J connectivity index is 5.39. The zero-order valence-corrected chi connectivity index (χ0v) is 68.6. The number of phosphoric acid groups is 2. The van der Waals surface area contributed by atoms with Crippen LogP contribution in [0.5, 0.6) is 0 Å². The lowest BCUT2D eigenvalue weighted by Gasteiger charge is -2.21. The lowest BCUT2D eigenvalue weighted by molar-refractivity contribution is -0.161. The van der Waals surface area contributed by atoms with Gasteiger partial charge in [-0.1, -0.05) is 316 Å². The maximum absolute atomic E-state index is 13.1. The zero-order chi connectivity index (χ0) is 77.4. The molecule has 0 spiro atoms. The molecule has 5 unspecified atom stereocenters. The molecular formula is C87H150O17P2. The third-order valence-corrected chi connectivity index (χ3v) is 19.3. The summed E-state index contributed by atoms with van der Waals surface area (Å²) in [6, 6.07) is 0. The number of aliphatic hydroxyl groups excluding tert-OH is 1. The number of hydrogen-bond donors (Lipinski definition) is 3. The van der Waals surface area contributed by atoms with Crippen LogP contribution in [0, 0.1) is 0 Å². The third-order valence-electron chi connectivity index (χ3n) is 17.4. The Kier molecular flexibility index (Phi) is 75.2. The van der Waals surface area contributed by atoms with Crippen LogP contribution in [0.25, 0.3) is 0 Å². The number of carbonyl (C=O) groups is 4. The van der Waals surface area contributed by atoms with E-state index in [4.69, 9.17) is 37.0 Å². The van der Waals surface area contributed by atoms with Crippen molar-refractivity contribution in [3.63, 3.8) is 0 Å². The molecular weight excluding hydrogens is 1380 g/mol. The second-order valence-electron chi connectivity index (χ2n) is 27.6. The summed E-state index contributed by atoms with van der Waals surface area (Å²) >= 11 is 0. The molecule has 0 aromatic rings. The summed E-state index contributed by atoms with van der Waals surface area (Å²) in [5, 5.41) is 10.7. The molecule has 0 aliphatic rings. The second kappa shape index (κ2) is 78.6. The highest BCUT2D eigenvalue weighted by Crippen LogP contribution is 2.45. The topological polar surface area (TPSA) is 237 Å². The maximum Gasteiger partial charge on any atom is 0.472 e. The van der Waals surface area contributed by atoms with E-state index in [2.05, 4.69) is 149 Å². The number of esters is 4. The van der Waals surface area contributed by atoms with Gasteiger partial charge >= 0.3 is 39.5 Å². The normalized spacial score (nSPS) is 14.4. The van der Waals surface area contributed by atoms with E-state index < -0.39 is 97.5 Å². The highest BCUT2D eigenvalue weighted by molar-refractivity contribution is 7.47. The fourth-order valence-electron chi connectivity index (χ4n) is 11.2. The number of ether oxygens (including phenoxy) is 4. The molecule has 0 saturated heterocycles.